The van der Waals surface area contributed by atoms with Crippen LogP contribution in [0.1, 0.15) is 89.4 Å². The molecule has 5 heteroatoms. The monoisotopic (exact) mass is 592 g/mol. The van der Waals surface area contributed by atoms with E-state index in [1.165, 1.54) is 11.1 Å². The maximum Gasteiger partial charge on any atom is 0.303 e. The van der Waals surface area contributed by atoms with Crippen LogP contribution in [0.3, 0.4) is 0 Å². The number of aromatic nitrogens is 1. The first kappa shape index (κ1) is 32.8. The summed E-state index contributed by atoms with van der Waals surface area (Å²) in [5, 5.41) is 12.8. The molecule has 2 N–H and O–H groups in total. The Hall–Kier alpha value is -4.12. The van der Waals surface area contributed by atoms with Crippen molar-refractivity contribution >= 4 is 17.4 Å². The Kier molecular flexibility index (Phi) is 12.4. The molecule has 0 spiro atoms. The fraction of sp³-hybridized carbons (Fsp3) is 0.385. The van der Waals surface area contributed by atoms with Crippen LogP contribution in [0, 0.1) is 12.8 Å². The number of hydrogen-bond donors (Lipinski definition) is 2. The van der Waals surface area contributed by atoms with Gasteiger partial charge in [0.05, 0.1) is 0 Å². The number of carbonyl (C=O) groups excluding carboxylic acids is 1. The lowest BCUT2D eigenvalue weighted by molar-refractivity contribution is -0.137. The molecule has 4 aromatic rings. The number of ketones is 1. The van der Waals surface area contributed by atoms with Gasteiger partial charge in [-0.3, -0.25) is 9.59 Å². The predicted octanol–water partition coefficient (Wildman–Crippen LogP) is 8.61. The van der Waals surface area contributed by atoms with Crippen LogP contribution in [0.2, 0.25) is 0 Å². The summed E-state index contributed by atoms with van der Waals surface area (Å²) in [5.74, 6) is -0.233. The maximum absolute atomic E-state index is 13.8. The lowest BCUT2D eigenvalue weighted by atomic mass is 9.93. The lowest BCUT2D eigenvalue weighted by Crippen LogP contribution is -2.16. The molecule has 0 unspecified atom stereocenters. The zero-order valence-electron chi connectivity index (χ0n) is 26.6. The highest BCUT2D eigenvalue weighted by atomic mass is 16.4. The van der Waals surface area contributed by atoms with Crippen LogP contribution in [-0.4, -0.2) is 28.0 Å². The van der Waals surface area contributed by atoms with Crippen LogP contribution in [-0.2, 0) is 37.5 Å². The van der Waals surface area contributed by atoms with E-state index in [-0.39, 0.29) is 12.2 Å². The molecular formula is C39H48N2O3. The van der Waals surface area contributed by atoms with Gasteiger partial charge in [0.1, 0.15) is 0 Å². The second-order valence-electron chi connectivity index (χ2n) is 12.0. The summed E-state index contributed by atoms with van der Waals surface area (Å²) in [6.07, 6.45) is 8.86. The van der Waals surface area contributed by atoms with Gasteiger partial charge in [-0.2, -0.15) is 0 Å². The summed E-state index contributed by atoms with van der Waals surface area (Å²) in [6.45, 7) is 5.03. The molecule has 3 aromatic carbocycles. The average molecular weight is 593 g/mol. The highest BCUT2D eigenvalue weighted by Crippen LogP contribution is 2.26. The predicted molar refractivity (Wildman–Crippen MR) is 181 cm³/mol. The molecule has 0 fully saturated rings. The Morgan fingerprint density at radius 2 is 1.43 bits per heavy atom. The van der Waals surface area contributed by atoms with Crippen LogP contribution >= 0.6 is 0 Å². The highest BCUT2D eigenvalue weighted by Gasteiger charge is 2.20. The molecule has 0 aliphatic heterocycles. The van der Waals surface area contributed by atoms with Crippen molar-refractivity contribution < 1.29 is 14.7 Å². The lowest BCUT2D eigenvalue weighted by Gasteiger charge is -2.20. The summed E-state index contributed by atoms with van der Waals surface area (Å²) in [5.41, 5.74) is 8.33. The number of anilines is 1. The van der Waals surface area contributed by atoms with Crippen LogP contribution in [0.25, 0.3) is 0 Å². The highest BCUT2D eigenvalue weighted by molar-refractivity contribution is 6.10. The van der Waals surface area contributed by atoms with Crippen molar-refractivity contribution in [1.29, 1.82) is 0 Å². The van der Waals surface area contributed by atoms with Gasteiger partial charge in [0.25, 0.3) is 0 Å². The van der Waals surface area contributed by atoms with Gasteiger partial charge in [0.15, 0.2) is 5.78 Å². The SMILES string of the molecule is CCc1c(C(=O)c2ccc(C)c(NCC(CCCc3ccccc3)CCCc3ccccc3)c2)cc(CCCC(=O)O)n1C. The number of aliphatic carboxylic acids is 1. The van der Waals surface area contributed by atoms with Crippen molar-refractivity contribution in [2.24, 2.45) is 13.0 Å². The van der Waals surface area contributed by atoms with Gasteiger partial charge in [-0.25, -0.2) is 0 Å². The third-order valence-corrected chi connectivity index (χ3v) is 8.78. The fourth-order valence-electron chi connectivity index (χ4n) is 6.18. The number of nitrogens with zero attached hydrogens (tertiary/aromatic N) is 1. The molecule has 0 amide bonds. The molecule has 0 bridgehead atoms. The first-order chi connectivity index (χ1) is 21.4. The van der Waals surface area contributed by atoms with Crippen molar-refractivity contribution in [3.63, 3.8) is 0 Å². The van der Waals surface area contributed by atoms with Crippen molar-refractivity contribution in [2.45, 2.75) is 78.1 Å². The van der Waals surface area contributed by atoms with Crippen LogP contribution in [0.4, 0.5) is 5.69 Å². The van der Waals surface area contributed by atoms with E-state index in [9.17, 15) is 9.59 Å². The van der Waals surface area contributed by atoms with Crippen LogP contribution < -0.4 is 5.32 Å². The smallest absolute Gasteiger partial charge is 0.303 e. The number of hydrogen-bond acceptors (Lipinski definition) is 3. The third-order valence-electron chi connectivity index (χ3n) is 8.78. The minimum absolute atomic E-state index is 0.0206. The molecule has 0 aliphatic carbocycles. The molecule has 1 heterocycles. The topological polar surface area (TPSA) is 71.3 Å². The van der Waals surface area contributed by atoms with Gasteiger partial charge in [0, 0.05) is 48.2 Å². The summed E-state index contributed by atoms with van der Waals surface area (Å²) in [7, 11) is 1.98. The fourth-order valence-corrected chi connectivity index (χ4v) is 6.18. The quantitative estimate of drug-likeness (QED) is 0.114. The molecule has 0 saturated carbocycles. The minimum Gasteiger partial charge on any atom is -0.481 e. The Bertz CT molecular complexity index is 1450. The second kappa shape index (κ2) is 16.7. The van der Waals surface area contributed by atoms with Crippen molar-refractivity contribution in [1.82, 2.24) is 4.57 Å². The van der Waals surface area contributed by atoms with Gasteiger partial charge >= 0.3 is 5.97 Å². The zero-order chi connectivity index (χ0) is 31.3. The minimum atomic E-state index is -0.791. The Balaban J connectivity index is 1.44. The number of benzene rings is 3. The van der Waals surface area contributed by atoms with E-state index in [0.717, 1.165) is 79.7 Å². The number of nitrogens with one attached hydrogen (secondary N) is 1. The van der Waals surface area contributed by atoms with Crippen molar-refractivity contribution in [3.8, 4) is 0 Å². The summed E-state index contributed by atoms with van der Waals surface area (Å²) >= 11 is 0. The molecule has 0 atom stereocenters. The Labute approximate surface area is 263 Å². The van der Waals surface area contributed by atoms with E-state index in [2.05, 4.69) is 84.4 Å². The molecule has 0 saturated heterocycles. The van der Waals surface area contributed by atoms with E-state index in [4.69, 9.17) is 5.11 Å². The largest absolute Gasteiger partial charge is 0.481 e. The number of carboxylic acids is 1. The number of aryl methyl sites for hydroxylation is 4. The van der Waals surface area contributed by atoms with Crippen LogP contribution in [0.5, 0.6) is 0 Å². The molecule has 4 rings (SSSR count). The van der Waals surface area contributed by atoms with E-state index < -0.39 is 5.97 Å². The molecule has 232 valence electrons. The van der Waals surface area contributed by atoms with E-state index in [1.54, 1.807) is 0 Å². The molecule has 0 aliphatic rings. The third kappa shape index (κ3) is 9.44. The van der Waals surface area contributed by atoms with Gasteiger partial charge in [-0.1, -0.05) is 79.7 Å². The van der Waals surface area contributed by atoms with E-state index >= 15 is 0 Å². The molecule has 44 heavy (non-hydrogen) atoms. The Morgan fingerprint density at radius 1 is 0.818 bits per heavy atom. The second-order valence-corrected chi connectivity index (χ2v) is 12.0. The molecule has 0 radical (unpaired) electrons. The first-order valence-electron chi connectivity index (χ1n) is 16.2. The molecular weight excluding hydrogens is 544 g/mol. The number of rotatable bonds is 18. The van der Waals surface area contributed by atoms with Crippen molar-refractivity contribution in [3.05, 3.63) is 124 Å². The summed E-state index contributed by atoms with van der Waals surface area (Å²) in [4.78, 5) is 24.8. The Morgan fingerprint density at radius 3 is 2.00 bits per heavy atom. The summed E-state index contributed by atoms with van der Waals surface area (Å²) in [6, 6.07) is 29.4. The average Bonchev–Trinajstić information content (AvgIpc) is 3.35. The number of carboxylic acid groups (broad SMARTS) is 1. The van der Waals surface area contributed by atoms with Crippen molar-refractivity contribution in [2.75, 3.05) is 11.9 Å². The van der Waals surface area contributed by atoms with Gasteiger partial charge in [-0.15, -0.1) is 0 Å². The zero-order valence-corrected chi connectivity index (χ0v) is 26.6. The van der Waals surface area contributed by atoms with Crippen LogP contribution in [0.15, 0.2) is 84.9 Å². The standard InChI is InChI=1S/C39H48N2O3/c1-4-37-35(27-34(41(37)3)22-13-23-38(42)43)39(44)33-25-24-29(2)36(26-33)40-28-32(20-11-18-30-14-7-5-8-15-30)21-12-19-31-16-9-6-10-17-31/h5-10,14-17,24-27,32,40H,4,11-13,18-23,28H2,1-3H3,(H,42,43). The van der Waals surface area contributed by atoms with E-state index in [1.807, 2.05) is 31.3 Å². The summed E-state index contributed by atoms with van der Waals surface area (Å²) < 4.78 is 2.07. The van der Waals surface area contributed by atoms with E-state index in [0.29, 0.717) is 24.3 Å². The van der Waals surface area contributed by atoms with Gasteiger partial charge < -0.3 is 15.0 Å². The van der Waals surface area contributed by atoms with Gasteiger partial charge in [-0.05, 0) is 99.5 Å². The molecule has 5 nitrogen and oxygen atoms in total. The normalized spacial score (nSPS) is 11.2. The maximum atomic E-state index is 13.8. The molecule has 1 aromatic heterocycles. The van der Waals surface area contributed by atoms with Gasteiger partial charge in [0.2, 0.25) is 0 Å². The first-order valence-corrected chi connectivity index (χ1v) is 16.2. The number of carbonyl (C=O) groups is 2.